The molecule has 1 aliphatic heterocycles. The van der Waals surface area contributed by atoms with Gasteiger partial charge in [0, 0.05) is 17.9 Å². The lowest BCUT2D eigenvalue weighted by molar-refractivity contribution is 0.0935. The van der Waals surface area contributed by atoms with E-state index >= 15 is 0 Å². The van der Waals surface area contributed by atoms with Crippen LogP contribution in [0.3, 0.4) is 0 Å². The maximum Gasteiger partial charge on any atom is 0.0832 e. The molecule has 1 fully saturated rings. The van der Waals surface area contributed by atoms with Gasteiger partial charge in [-0.25, -0.2) is 0 Å². The Bertz CT molecular complexity index is 420. The number of hydrogen-bond donors (Lipinski definition) is 2. The molecule has 0 amide bonds. The SMILES string of the molecule is NCC1(C2COCC2O)CCc2ccccc21. The Morgan fingerprint density at radius 3 is 2.88 bits per heavy atom. The second-order valence-electron chi connectivity index (χ2n) is 5.23. The number of aliphatic hydroxyl groups excluding tert-OH is 1. The monoisotopic (exact) mass is 233 g/mol. The van der Waals surface area contributed by atoms with Crippen molar-refractivity contribution in [2.45, 2.75) is 24.4 Å². The molecule has 3 heteroatoms. The van der Waals surface area contributed by atoms with Crippen molar-refractivity contribution in [3.8, 4) is 0 Å². The fraction of sp³-hybridized carbons (Fsp3) is 0.571. The molecule has 2 aliphatic rings. The van der Waals surface area contributed by atoms with E-state index < -0.39 is 0 Å². The number of rotatable bonds is 2. The van der Waals surface area contributed by atoms with Crippen molar-refractivity contribution in [3.63, 3.8) is 0 Å². The van der Waals surface area contributed by atoms with Gasteiger partial charge in [-0.2, -0.15) is 0 Å². The third-order valence-corrected chi connectivity index (χ3v) is 4.52. The summed E-state index contributed by atoms with van der Waals surface area (Å²) in [6, 6.07) is 8.49. The van der Waals surface area contributed by atoms with E-state index in [1.165, 1.54) is 11.1 Å². The van der Waals surface area contributed by atoms with E-state index in [9.17, 15) is 5.11 Å². The van der Waals surface area contributed by atoms with Gasteiger partial charge in [0.15, 0.2) is 0 Å². The molecular formula is C14H19NO2. The normalized spacial score (nSPS) is 36.1. The second-order valence-corrected chi connectivity index (χ2v) is 5.23. The van der Waals surface area contributed by atoms with Crippen molar-refractivity contribution in [2.75, 3.05) is 19.8 Å². The third kappa shape index (κ3) is 1.53. The molecule has 0 spiro atoms. The van der Waals surface area contributed by atoms with Gasteiger partial charge < -0.3 is 15.6 Å². The lowest BCUT2D eigenvalue weighted by Crippen LogP contribution is -2.45. The lowest BCUT2D eigenvalue weighted by Gasteiger charge is -2.36. The third-order valence-electron chi connectivity index (χ3n) is 4.52. The maximum absolute atomic E-state index is 10.1. The first-order valence-electron chi connectivity index (χ1n) is 6.32. The highest BCUT2D eigenvalue weighted by Gasteiger charge is 2.48. The molecule has 1 aromatic carbocycles. The van der Waals surface area contributed by atoms with E-state index in [1.54, 1.807) is 0 Å². The standard InChI is InChI=1S/C14H19NO2/c15-9-14(12-7-17-8-13(12)16)6-5-10-3-1-2-4-11(10)14/h1-4,12-13,16H,5-9,15H2. The van der Waals surface area contributed by atoms with E-state index in [0.29, 0.717) is 19.8 Å². The predicted molar refractivity (Wildman–Crippen MR) is 65.8 cm³/mol. The van der Waals surface area contributed by atoms with Gasteiger partial charge in [-0.3, -0.25) is 0 Å². The van der Waals surface area contributed by atoms with Crippen molar-refractivity contribution < 1.29 is 9.84 Å². The van der Waals surface area contributed by atoms with Crippen molar-refractivity contribution in [1.29, 1.82) is 0 Å². The Morgan fingerprint density at radius 2 is 2.18 bits per heavy atom. The van der Waals surface area contributed by atoms with Crippen LogP contribution in [0, 0.1) is 5.92 Å². The summed E-state index contributed by atoms with van der Waals surface area (Å²) < 4.78 is 5.42. The van der Waals surface area contributed by atoms with E-state index in [1.807, 2.05) is 0 Å². The predicted octanol–water partition coefficient (Wildman–Crippen LogP) is 0.837. The van der Waals surface area contributed by atoms with Crippen LogP contribution in [0.4, 0.5) is 0 Å². The van der Waals surface area contributed by atoms with Gasteiger partial charge in [0.25, 0.3) is 0 Å². The molecule has 3 nitrogen and oxygen atoms in total. The van der Waals surface area contributed by atoms with E-state index in [0.717, 1.165) is 12.8 Å². The van der Waals surface area contributed by atoms with Crippen molar-refractivity contribution in [2.24, 2.45) is 11.7 Å². The molecule has 1 aromatic rings. The number of aliphatic hydroxyl groups is 1. The van der Waals surface area contributed by atoms with Gasteiger partial charge >= 0.3 is 0 Å². The van der Waals surface area contributed by atoms with Crippen molar-refractivity contribution in [1.82, 2.24) is 0 Å². The zero-order valence-electron chi connectivity index (χ0n) is 9.93. The first-order valence-corrected chi connectivity index (χ1v) is 6.32. The number of ether oxygens (including phenoxy) is 1. The van der Waals surface area contributed by atoms with Gasteiger partial charge in [0.05, 0.1) is 19.3 Å². The fourth-order valence-corrected chi connectivity index (χ4v) is 3.54. The molecule has 1 aliphatic carbocycles. The number of fused-ring (bicyclic) bond motifs is 1. The molecule has 0 aromatic heterocycles. The van der Waals surface area contributed by atoms with Crippen LogP contribution < -0.4 is 5.73 Å². The van der Waals surface area contributed by atoms with Crippen LogP contribution in [0.25, 0.3) is 0 Å². The molecule has 3 atom stereocenters. The number of hydrogen-bond acceptors (Lipinski definition) is 3. The van der Waals surface area contributed by atoms with E-state index in [4.69, 9.17) is 10.5 Å². The fourth-order valence-electron chi connectivity index (χ4n) is 3.54. The maximum atomic E-state index is 10.1. The largest absolute Gasteiger partial charge is 0.390 e. The van der Waals surface area contributed by atoms with Crippen LogP contribution in [0.1, 0.15) is 17.5 Å². The highest BCUT2D eigenvalue weighted by Crippen LogP contribution is 2.46. The van der Waals surface area contributed by atoms with Gasteiger partial charge in [0.1, 0.15) is 0 Å². The zero-order valence-corrected chi connectivity index (χ0v) is 9.93. The molecule has 1 heterocycles. The van der Waals surface area contributed by atoms with Crippen LogP contribution >= 0.6 is 0 Å². The highest BCUT2D eigenvalue weighted by atomic mass is 16.5. The van der Waals surface area contributed by atoms with Crippen LogP contribution in [0.2, 0.25) is 0 Å². The quantitative estimate of drug-likeness (QED) is 0.795. The minimum atomic E-state index is -0.371. The number of aryl methyl sites for hydroxylation is 1. The summed E-state index contributed by atoms with van der Waals surface area (Å²) in [5, 5.41) is 10.1. The molecule has 17 heavy (non-hydrogen) atoms. The van der Waals surface area contributed by atoms with Gasteiger partial charge in [-0.1, -0.05) is 24.3 Å². The minimum absolute atomic E-state index is 0.0769. The van der Waals surface area contributed by atoms with Crippen LogP contribution in [0.15, 0.2) is 24.3 Å². The van der Waals surface area contributed by atoms with Crippen molar-refractivity contribution in [3.05, 3.63) is 35.4 Å². The molecule has 1 saturated heterocycles. The Balaban J connectivity index is 2.04. The Labute approximate surface area is 102 Å². The molecule has 0 bridgehead atoms. The Morgan fingerprint density at radius 1 is 1.35 bits per heavy atom. The molecule has 0 saturated carbocycles. The zero-order chi connectivity index (χ0) is 11.9. The van der Waals surface area contributed by atoms with Crippen LogP contribution in [-0.2, 0) is 16.6 Å². The van der Waals surface area contributed by atoms with E-state index in [-0.39, 0.29) is 17.4 Å². The Hall–Kier alpha value is -0.900. The van der Waals surface area contributed by atoms with Gasteiger partial charge in [-0.05, 0) is 24.0 Å². The molecule has 92 valence electrons. The molecule has 3 rings (SSSR count). The average Bonchev–Trinajstić information content (AvgIpc) is 2.94. The number of benzene rings is 1. The molecule has 3 N–H and O–H groups in total. The van der Waals surface area contributed by atoms with Crippen molar-refractivity contribution >= 4 is 0 Å². The summed E-state index contributed by atoms with van der Waals surface area (Å²) in [6.07, 6.45) is 1.73. The average molecular weight is 233 g/mol. The lowest BCUT2D eigenvalue weighted by atomic mass is 9.70. The first-order chi connectivity index (χ1) is 8.28. The van der Waals surface area contributed by atoms with Gasteiger partial charge in [-0.15, -0.1) is 0 Å². The smallest absolute Gasteiger partial charge is 0.0832 e. The summed E-state index contributed by atoms with van der Waals surface area (Å²) in [7, 11) is 0. The summed E-state index contributed by atoms with van der Waals surface area (Å²) >= 11 is 0. The molecular weight excluding hydrogens is 214 g/mol. The second kappa shape index (κ2) is 4.09. The van der Waals surface area contributed by atoms with Gasteiger partial charge in [0.2, 0.25) is 0 Å². The summed E-state index contributed by atoms with van der Waals surface area (Å²) in [5.74, 6) is 0.149. The topological polar surface area (TPSA) is 55.5 Å². The highest BCUT2D eigenvalue weighted by molar-refractivity contribution is 5.41. The minimum Gasteiger partial charge on any atom is -0.390 e. The Kier molecular flexibility index (Phi) is 2.69. The number of nitrogens with two attached hydrogens (primary N) is 1. The van der Waals surface area contributed by atoms with Crippen LogP contribution in [-0.4, -0.2) is 31.0 Å². The summed E-state index contributed by atoms with van der Waals surface area (Å²) in [5.41, 5.74) is 8.70. The first kappa shape index (κ1) is 11.2. The summed E-state index contributed by atoms with van der Waals surface area (Å²) in [6.45, 7) is 1.68. The van der Waals surface area contributed by atoms with E-state index in [2.05, 4.69) is 24.3 Å². The summed E-state index contributed by atoms with van der Waals surface area (Å²) in [4.78, 5) is 0. The molecule has 0 radical (unpaired) electrons. The molecule has 3 unspecified atom stereocenters. The van der Waals surface area contributed by atoms with Crippen LogP contribution in [0.5, 0.6) is 0 Å².